The van der Waals surface area contributed by atoms with Gasteiger partial charge in [0.2, 0.25) is 0 Å². The molecule has 1 aliphatic rings. The highest BCUT2D eigenvalue weighted by molar-refractivity contribution is 7.97. The lowest BCUT2D eigenvalue weighted by Crippen LogP contribution is -2.47. The van der Waals surface area contributed by atoms with E-state index in [1.807, 2.05) is 30.3 Å². The van der Waals surface area contributed by atoms with E-state index in [1.165, 1.54) is 6.07 Å². The lowest BCUT2D eigenvalue weighted by molar-refractivity contribution is -0.125. The van der Waals surface area contributed by atoms with E-state index in [9.17, 15) is 20.1 Å². The Morgan fingerprint density at radius 2 is 2.03 bits per heavy atom. The maximum Gasteiger partial charge on any atom is 0.335 e. The number of ether oxygens (including phenoxy) is 2. The third-order valence-corrected chi connectivity index (χ3v) is 5.60. The standard InChI is InChI=1S/C22H28N2O6S/c1-2-3-9-23-17-10-14(22(27)28)11-19(20(17)30-16-7-5-4-6-8-16)31-24-21-18(26)12-15(25)13-29-21/h4-8,10-11,15,18,21,23-26H,2-3,9,12-13H2,1H3,(H,27,28). The van der Waals surface area contributed by atoms with Crippen LogP contribution in [0.3, 0.4) is 0 Å². The van der Waals surface area contributed by atoms with E-state index in [2.05, 4.69) is 17.0 Å². The minimum absolute atomic E-state index is 0.113. The van der Waals surface area contributed by atoms with Crippen molar-refractivity contribution in [3.8, 4) is 11.5 Å². The first kappa shape index (κ1) is 23.4. The summed E-state index contributed by atoms with van der Waals surface area (Å²) in [4.78, 5) is 12.2. The molecule has 2 aromatic carbocycles. The summed E-state index contributed by atoms with van der Waals surface area (Å²) in [5, 5.41) is 32.6. The summed E-state index contributed by atoms with van der Waals surface area (Å²) in [5.74, 6) is 0.0434. The number of carboxylic acid groups (broad SMARTS) is 1. The first-order chi connectivity index (χ1) is 15.0. The van der Waals surface area contributed by atoms with E-state index in [0.29, 0.717) is 28.6 Å². The molecule has 168 valence electrons. The van der Waals surface area contributed by atoms with Crippen molar-refractivity contribution < 1.29 is 29.6 Å². The van der Waals surface area contributed by atoms with E-state index in [-0.39, 0.29) is 18.6 Å². The molecule has 1 heterocycles. The van der Waals surface area contributed by atoms with Crippen LogP contribution in [0.4, 0.5) is 5.69 Å². The van der Waals surface area contributed by atoms with Gasteiger partial charge in [0, 0.05) is 13.0 Å². The first-order valence-electron chi connectivity index (χ1n) is 10.3. The van der Waals surface area contributed by atoms with Crippen LogP contribution in [0.15, 0.2) is 47.4 Å². The molecule has 0 aliphatic carbocycles. The zero-order chi connectivity index (χ0) is 22.2. The molecule has 0 amide bonds. The number of para-hydroxylation sites is 1. The first-order valence-corrected chi connectivity index (χ1v) is 11.1. The Labute approximate surface area is 185 Å². The van der Waals surface area contributed by atoms with Crippen LogP contribution in [0, 0.1) is 0 Å². The van der Waals surface area contributed by atoms with E-state index >= 15 is 0 Å². The zero-order valence-electron chi connectivity index (χ0n) is 17.3. The van der Waals surface area contributed by atoms with Gasteiger partial charge in [-0.05, 0) is 42.6 Å². The molecular weight excluding hydrogens is 420 g/mol. The Hall–Kier alpha value is -2.30. The van der Waals surface area contributed by atoms with Crippen molar-refractivity contribution in [2.45, 2.75) is 49.5 Å². The van der Waals surface area contributed by atoms with E-state index in [1.54, 1.807) is 6.07 Å². The number of aliphatic hydroxyl groups excluding tert-OH is 2. The van der Waals surface area contributed by atoms with Gasteiger partial charge in [-0.15, -0.1) is 0 Å². The number of nitrogens with one attached hydrogen (secondary N) is 2. The SMILES string of the molecule is CCCCNc1cc(C(=O)O)cc(SNC2OCC(O)CC2O)c1Oc1ccccc1. The number of aliphatic hydroxyl groups is 2. The highest BCUT2D eigenvalue weighted by atomic mass is 32.2. The van der Waals surface area contributed by atoms with Gasteiger partial charge in [-0.2, -0.15) is 0 Å². The Bertz CT molecular complexity index is 867. The number of rotatable bonds is 10. The third kappa shape index (κ3) is 6.59. The van der Waals surface area contributed by atoms with Crippen molar-refractivity contribution in [2.24, 2.45) is 0 Å². The van der Waals surface area contributed by atoms with Gasteiger partial charge >= 0.3 is 5.97 Å². The van der Waals surface area contributed by atoms with Gasteiger partial charge < -0.3 is 30.1 Å². The van der Waals surface area contributed by atoms with E-state index < -0.39 is 24.4 Å². The Kier molecular flexibility index (Phi) is 8.56. The molecule has 0 spiro atoms. The predicted molar refractivity (Wildman–Crippen MR) is 119 cm³/mol. The van der Waals surface area contributed by atoms with Gasteiger partial charge in [-0.3, -0.25) is 0 Å². The van der Waals surface area contributed by atoms with Crippen LogP contribution in [0.5, 0.6) is 11.5 Å². The van der Waals surface area contributed by atoms with Gasteiger partial charge in [0.05, 0.1) is 35.0 Å². The maximum absolute atomic E-state index is 11.7. The Morgan fingerprint density at radius 1 is 1.26 bits per heavy atom. The van der Waals surface area contributed by atoms with Crippen molar-refractivity contribution in [1.82, 2.24) is 4.72 Å². The van der Waals surface area contributed by atoms with Crippen LogP contribution in [-0.2, 0) is 4.74 Å². The number of hydrogen-bond acceptors (Lipinski definition) is 8. The summed E-state index contributed by atoms with van der Waals surface area (Å²) in [6.07, 6.45) is -0.188. The molecule has 3 rings (SSSR count). The van der Waals surface area contributed by atoms with Crippen LogP contribution in [0.2, 0.25) is 0 Å². The summed E-state index contributed by atoms with van der Waals surface area (Å²) < 4.78 is 14.6. The number of hydrogen-bond donors (Lipinski definition) is 5. The number of carboxylic acids is 1. The summed E-state index contributed by atoms with van der Waals surface area (Å²) >= 11 is 1.12. The molecule has 0 radical (unpaired) electrons. The summed E-state index contributed by atoms with van der Waals surface area (Å²) in [6, 6.07) is 12.3. The summed E-state index contributed by atoms with van der Waals surface area (Å²) in [6.45, 7) is 2.86. The minimum atomic E-state index is -1.05. The molecule has 2 aromatic rings. The van der Waals surface area contributed by atoms with Gasteiger partial charge in [-0.25, -0.2) is 9.52 Å². The van der Waals surface area contributed by atoms with Gasteiger partial charge in [0.1, 0.15) is 12.0 Å². The lowest BCUT2D eigenvalue weighted by Gasteiger charge is -2.31. The fourth-order valence-electron chi connectivity index (χ4n) is 3.07. The molecule has 1 saturated heterocycles. The van der Waals surface area contributed by atoms with Crippen molar-refractivity contribution in [3.63, 3.8) is 0 Å². The average Bonchev–Trinajstić information content (AvgIpc) is 2.75. The molecule has 1 fully saturated rings. The fourth-order valence-corrected chi connectivity index (χ4v) is 3.97. The Balaban J connectivity index is 1.90. The molecule has 3 atom stereocenters. The van der Waals surface area contributed by atoms with Gasteiger partial charge in [-0.1, -0.05) is 31.5 Å². The number of carbonyl (C=O) groups is 1. The van der Waals surface area contributed by atoms with Crippen LogP contribution in [-0.4, -0.2) is 52.9 Å². The van der Waals surface area contributed by atoms with Crippen LogP contribution in [0.25, 0.3) is 0 Å². The number of anilines is 1. The molecule has 0 saturated carbocycles. The van der Waals surface area contributed by atoms with Crippen molar-refractivity contribution in [1.29, 1.82) is 0 Å². The van der Waals surface area contributed by atoms with Crippen LogP contribution in [0.1, 0.15) is 36.5 Å². The highest BCUT2D eigenvalue weighted by Gasteiger charge is 2.29. The second-order valence-corrected chi connectivity index (χ2v) is 8.16. The minimum Gasteiger partial charge on any atom is -0.478 e. The van der Waals surface area contributed by atoms with Gasteiger partial charge in [0.25, 0.3) is 0 Å². The summed E-state index contributed by atoms with van der Waals surface area (Å²) in [7, 11) is 0. The largest absolute Gasteiger partial charge is 0.478 e. The molecule has 8 nitrogen and oxygen atoms in total. The number of benzene rings is 2. The quantitative estimate of drug-likeness (QED) is 0.275. The molecule has 9 heteroatoms. The third-order valence-electron chi connectivity index (χ3n) is 4.73. The number of aromatic carboxylic acids is 1. The summed E-state index contributed by atoms with van der Waals surface area (Å²) in [5.41, 5.74) is 0.686. The maximum atomic E-state index is 11.7. The Morgan fingerprint density at radius 3 is 2.71 bits per heavy atom. The molecule has 0 aromatic heterocycles. The molecular formula is C22H28N2O6S. The second-order valence-electron chi connectivity index (χ2n) is 7.28. The monoisotopic (exact) mass is 448 g/mol. The van der Waals surface area contributed by atoms with E-state index in [4.69, 9.17) is 9.47 Å². The molecule has 0 bridgehead atoms. The molecule has 31 heavy (non-hydrogen) atoms. The zero-order valence-corrected chi connectivity index (χ0v) is 18.1. The van der Waals surface area contributed by atoms with Crippen molar-refractivity contribution >= 4 is 23.6 Å². The molecule has 3 unspecified atom stereocenters. The van der Waals surface area contributed by atoms with Crippen molar-refractivity contribution in [2.75, 3.05) is 18.5 Å². The predicted octanol–water partition coefficient (Wildman–Crippen LogP) is 3.45. The van der Waals surface area contributed by atoms with Crippen LogP contribution >= 0.6 is 11.9 Å². The topological polar surface area (TPSA) is 120 Å². The smallest absolute Gasteiger partial charge is 0.335 e. The second kappa shape index (κ2) is 11.4. The van der Waals surface area contributed by atoms with E-state index in [0.717, 1.165) is 24.8 Å². The molecule has 1 aliphatic heterocycles. The molecule has 5 N–H and O–H groups in total. The fraction of sp³-hybridized carbons (Fsp3) is 0.409. The van der Waals surface area contributed by atoms with Crippen LogP contribution < -0.4 is 14.8 Å². The highest BCUT2D eigenvalue weighted by Crippen LogP contribution is 2.40. The number of unbranched alkanes of at least 4 members (excludes halogenated alkanes) is 1. The normalized spacial score (nSPS) is 20.9. The van der Waals surface area contributed by atoms with Crippen molar-refractivity contribution in [3.05, 3.63) is 48.0 Å². The lowest BCUT2D eigenvalue weighted by atomic mass is 10.1. The van der Waals surface area contributed by atoms with Gasteiger partial charge in [0.15, 0.2) is 5.75 Å². The average molecular weight is 449 g/mol.